The molecule has 0 aliphatic heterocycles. The van der Waals surface area contributed by atoms with Crippen LogP contribution in [0.2, 0.25) is 0 Å². The Morgan fingerprint density at radius 1 is 1.19 bits per heavy atom. The molecule has 0 heterocycles. The molecule has 0 aromatic heterocycles. The van der Waals surface area contributed by atoms with Gasteiger partial charge in [-0.25, -0.2) is 0 Å². The lowest BCUT2D eigenvalue weighted by Gasteiger charge is -2.16. The second-order valence-corrected chi connectivity index (χ2v) is 6.52. The summed E-state index contributed by atoms with van der Waals surface area (Å²) in [4.78, 5) is 12.4. The average molecular weight is 363 g/mol. The normalized spacial score (nSPS) is 16.2. The van der Waals surface area contributed by atoms with E-state index in [1.165, 1.54) is 17.2 Å². The number of anilines is 1. The maximum absolute atomic E-state index is 12.4. The SMILES string of the molecule is Cc1c(NC(=O)CC2CCc3ccccc32)cccc1OCC(F)(F)F. The molecule has 138 valence electrons. The molecule has 6 heteroatoms. The van der Waals surface area contributed by atoms with Gasteiger partial charge in [-0.1, -0.05) is 30.3 Å². The van der Waals surface area contributed by atoms with Crippen LogP contribution in [0.15, 0.2) is 42.5 Å². The molecular weight excluding hydrogens is 343 g/mol. The van der Waals surface area contributed by atoms with E-state index in [-0.39, 0.29) is 17.6 Å². The molecule has 1 atom stereocenters. The topological polar surface area (TPSA) is 38.3 Å². The summed E-state index contributed by atoms with van der Waals surface area (Å²) in [5.41, 5.74) is 3.45. The number of hydrogen-bond donors (Lipinski definition) is 1. The fourth-order valence-corrected chi connectivity index (χ4v) is 3.35. The summed E-state index contributed by atoms with van der Waals surface area (Å²) in [5, 5.41) is 2.81. The zero-order valence-corrected chi connectivity index (χ0v) is 14.4. The molecule has 1 amide bonds. The van der Waals surface area contributed by atoms with Gasteiger partial charge < -0.3 is 10.1 Å². The lowest BCUT2D eigenvalue weighted by Crippen LogP contribution is -2.20. The van der Waals surface area contributed by atoms with E-state index in [0.717, 1.165) is 12.8 Å². The molecule has 26 heavy (non-hydrogen) atoms. The number of nitrogens with one attached hydrogen (secondary N) is 1. The molecule has 3 nitrogen and oxygen atoms in total. The number of amides is 1. The summed E-state index contributed by atoms with van der Waals surface area (Å²) in [6, 6.07) is 12.8. The van der Waals surface area contributed by atoms with Crippen molar-refractivity contribution in [1.82, 2.24) is 0 Å². The average Bonchev–Trinajstić information content (AvgIpc) is 2.98. The smallest absolute Gasteiger partial charge is 0.422 e. The lowest BCUT2D eigenvalue weighted by atomic mass is 9.97. The zero-order valence-electron chi connectivity index (χ0n) is 14.4. The predicted octanol–water partition coefficient (Wildman–Crippen LogP) is 4.99. The van der Waals surface area contributed by atoms with Gasteiger partial charge in [0.2, 0.25) is 5.91 Å². The van der Waals surface area contributed by atoms with Gasteiger partial charge in [-0.3, -0.25) is 4.79 Å². The fourth-order valence-electron chi connectivity index (χ4n) is 3.35. The molecule has 1 aliphatic carbocycles. The number of carbonyl (C=O) groups excluding carboxylic acids is 1. The van der Waals surface area contributed by atoms with E-state index in [1.54, 1.807) is 19.1 Å². The summed E-state index contributed by atoms with van der Waals surface area (Å²) in [6.45, 7) is 0.274. The Morgan fingerprint density at radius 3 is 2.73 bits per heavy atom. The van der Waals surface area contributed by atoms with Crippen LogP contribution in [-0.4, -0.2) is 18.7 Å². The number of fused-ring (bicyclic) bond motifs is 1. The molecule has 0 radical (unpaired) electrons. The third-order valence-corrected chi connectivity index (χ3v) is 4.64. The molecule has 1 unspecified atom stereocenters. The van der Waals surface area contributed by atoms with Crippen LogP contribution in [-0.2, 0) is 11.2 Å². The number of carbonyl (C=O) groups is 1. The van der Waals surface area contributed by atoms with E-state index in [4.69, 9.17) is 4.74 Å². The molecule has 0 bridgehead atoms. The fraction of sp³-hybridized carbons (Fsp3) is 0.350. The van der Waals surface area contributed by atoms with Crippen molar-refractivity contribution in [2.45, 2.75) is 38.3 Å². The number of hydrogen-bond acceptors (Lipinski definition) is 2. The first-order valence-corrected chi connectivity index (χ1v) is 8.50. The van der Waals surface area contributed by atoms with Crippen molar-refractivity contribution in [3.63, 3.8) is 0 Å². The molecule has 2 aromatic carbocycles. The van der Waals surface area contributed by atoms with Gasteiger partial charge in [0.15, 0.2) is 6.61 Å². The second kappa shape index (κ2) is 7.40. The van der Waals surface area contributed by atoms with E-state index >= 15 is 0 Å². The minimum Gasteiger partial charge on any atom is -0.484 e. The van der Waals surface area contributed by atoms with E-state index < -0.39 is 12.8 Å². The van der Waals surface area contributed by atoms with E-state index in [1.807, 2.05) is 12.1 Å². The maximum atomic E-state index is 12.4. The third-order valence-electron chi connectivity index (χ3n) is 4.64. The van der Waals surface area contributed by atoms with Crippen molar-refractivity contribution in [2.75, 3.05) is 11.9 Å². The molecule has 0 saturated carbocycles. The molecule has 1 N–H and O–H groups in total. The predicted molar refractivity (Wildman–Crippen MR) is 93.5 cm³/mol. The van der Waals surface area contributed by atoms with Gasteiger partial charge in [0.25, 0.3) is 0 Å². The standard InChI is InChI=1S/C20H20F3NO2/c1-13-17(7-4-8-18(13)26-12-20(21,22)23)24-19(25)11-15-10-9-14-5-2-3-6-16(14)15/h2-8,15H,9-12H2,1H3,(H,24,25). The summed E-state index contributed by atoms with van der Waals surface area (Å²) in [7, 11) is 0. The first kappa shape index (κ1) is 18.3. The van der Waals surface area contributed by atoms with Crippen molar-refractivity contribution in [2.24, 2.45) is 0 Å². The van der Waals surface area contributed by atoms with Crippen molar-refractivity contribution in [3.8, 4) is 5.75 Å². The van der Waals surface area contributed by atoms with Crippen LogP contribution in [0.3, 0.4) is 0 Å². The highest BCUT2D eigenvalue weighted by molar-refractivity contribution is 5.92. The Morgan fingerprint density at radius 2 is 1.96 bits per heavy atom. The second-order valence-electron chi connectivity index (χ2n) is 6.52. The Hall–Kier alpha value is -2.50. The zero-order chi connectivity index (χ0) is 18.7. The van der Waals surface area contributed by atoms with Crippen molar-refractivity contribution >= 4 is 11.6 Å². The summed E-state index contributed by atoms with van der Waals surface area (Å²) in [6.07, 6.45) is -2.15. The highest BCUT2D eigenvalue weighted by Crippen LogP contribution is 2.35. The monoisotopic (exact) mass is 363 g/mol. The number of rotatable bonds is 5. The molecule has 0 fully saturated rings. The quantitative estimate of drug-likeness (QED) is 0.812. The van der Waals surface area contributed by atoms with Gasteiger partial charge in [0, 0.05) is 17.7 Å². The van der Waals surface area contributed by atoms with Gasteiger partial charge in [0.1, 0.15) is 5.75 Å². The molecular formula is C20H20F3NO2. The Bertz CT molecular complexity index is 802. The number of ether oxygens (including phenoxy) is 1. The minimum atomic E-state index is -4.40. The Balaban J connectivity index is 1.65. The molecule has 1 aliphatic rings. The van der Waals surface area contributed by atoms with Crippen LogP contribution in [0, 0.1) is 6.92 Å². The van der Waals surface area contributed by atoms with Crippen LogP contribution in [0.1, 0.15) is 35.4 Å². The molecule has 3 rings (SSSR count). The van der Waals surface area contributed by atoms with E-state index in [9.17, 15) is 18.0 Å². The lowest BCUT2D eigenvalue weighted by molar-refractivity contribution is -0.153. The number of halogens is 3. The highest BCUT2D eigenvalue weighted by Gasteiger charge is 2.29. The van der Waals surface area contributed by atoms with Gasteiger partial charge in [0.05, 0.1) is 0 Å². The summed E-state index contributed by atoms with van der Waals surface area (Å²) < 4.78 is 41.8. The Kier molecular flexibility index (Phi) is 5.20. The first-order chi connectivity index (χ1) is 12.3. The highest BCUT2D eigenvalue weighted by atomic mass is 19.4. The minimum absolute atomic E-state index is 0.117. The van der Waals surface area contributed by atoms with Crippen LogP contribution in [0.5, 0.6) is 5.75 Å². The first-order valence-electron chi connectivity index (χ1n) is 8.50. The van der Waals surface area contributed by atoms with Crippen molar-refractivity contribution < 1.29 is 22.7 Å². The summed E-state index contributed by atoms with van der Waals surface area (Å²) >= 11 is 0. The number of benzene rings is 2. The maximum Gasteiger partial charge on any atom is 0.422 e. The van der Waals surface area contributed by atoms with E-state index in [2.05, 4.69) is 17.4 Å². The van der Waals surface area contributed by atoms with Crippen LogP contribution in [0.4, 0.5) is 18.9 Å². The number of aryl methyl sites for hydroxylation is 1. The van der Waals surface area contributed by atoms with E-state index in [0.29, 0.717) is 17.7 Å². The van der Waals surface area contributed by atoms with Crippen LogP contribution >= 0.6 is 0 Å². The third kappa shape index (κ3) is 4.36. The molecule has 0 spiro atoms. The number of alkyl halides is 3. The Labute approximate surface area is 150 Å². The largest absolute Gasteiger partial charge is 0.484 e. The van der Waals surface area contributed by atoms with Crippen LogP contribution < -0.4 is 10.1 Å². The van der Waals surface area contributed by atoms with Gasteiger partial charge in [-0.2, -0.15) is 13.2 Å². The van der Waals surface area contributed by atoms with Gasteiger partial charge >= 0.3 is 6.18 Å². The van der Waals surface area contributed by atoms with Gasteiger partial charge in [-0.05, 0) is 48.9 Å². The molecule has 2 aromatic rings. The van der Waals surface area contributed by atoms with Crippen LogP contribution in [0.25, 0.3) is 0 Å². The summed E-state index contributed by atoms with van der Waals surface area (Å²) in [5.74, 6) is 0.144. The van der Waals surface area contributed by atoms with Gasteiger partial charge in [-0.15, -0.1) is 0 Å². The van der Waals surface area contributed by atoms with Crippen molar-refractivity contribution in [1.29, 1.82) is 0 Å². The van der Waals surface area contributed by atoms with Crippen molar-refractivity contribution in [3.05, 3.63) is 59.2 Å². The molecule has 0 saturated heterocycles.